The van der Waals surface area contributed by atoms with Crippen molar-refractivity contribution in [1.82, 2.24) is 14.9 Å². The Morgan fingerprint density at radius 2 is 1.82 bits per heavy atom. The molecule has 1 aromatic heterocycles. The fourth-order valence-corrected chi connectivity index (χ4v) is 7.74. The zero-order valence-corrected chi connectivity index (χ0v) is 23.8. The first-order valence-corrected chi connectivity index (χ1v) is 15.5. The fraction of sp³-hybridized carbons (Fsp3) is 0.556. The van der Waals surface area contributed by atoms with E-state index in [0.717, 1.165) is 24.3 Å². The fourth-order valence-electron chi connectivity index (χ4n) is 4.51. The van der Waals surface area contributed by atoms with Crippen LogP contribution in [0.1, 0.15) is 83.9 Å². The first-order valence-electron chi connectivity index (χ1n) is 13.3. The Labute approximate surface area is 229 Å². The first kappa shape index (κ1) is 30.1. The van der Waals surface area contributed by atoms with Crippen LogP contribution in [0.15, 0.2) is 34.5 Å². The van der Waals surface area contributed by atoms with Crippen LogP contribution in [-0.4, -0.2) is 62.5 Å². The summed E-state index contributed by atoms with van der Waals surface area (Å²) in [5.41, 5.74) is 0.129. The van der Waals surface area contributed by atoms with E-state index >= 15 is 0 Å². The number of hydrogen-bond acceptors (Lipinski definition) is 7. The predicted molar refractivity (Wildman–Crippen MR) is 149 cm³/mol. The highest BCUT2D eigenvalue weighted by Crippen LogP contribution is 2.31. The minimum absolute atomic E-state index is 0.0148. The number of unbranched alkanes of at least 4 members (excludes halogenated alkanes) is 5. The van der Waals surface area contributed by atoms with E-state index < -0.39 is 16.0 Å². The van der Waals surface area contributed by atoms with Gasteiger partial charge in [0.1, 0.15) is 9.96 Å². The standard InChI is InChI=1S/C27H39N3O6S2/c1-3-4-5-6-7-8-14-28-21-12-15-30(16-13-21)38(34,35)27-24(26(32)33)18-23(37-27)19-29-25(31)20-10-9-11-22(17-20)36-2/h9-11,17-18,21,28H,3-8,12-16,19H2,1-2H3,(H,29,31)(H,32,33). The number of ether oxygens (including phenoxy) is 1. The highest BCUT2D eigenvalue weighted by atomic mass is 32.2. The molecule has 1 fully saturated rings. The number of hydrogen-bond donors (Lipinski definition) is 3. The lowest BCUT2D eigenvalue weighted by molar-refractivity contribution is 0.0693. The number of carbonyl (C=O) groups is 2. The van der Waals surface area contributed by atoms with E-state index in [1.54, 1.807) is 24.3 Å². The number of sulfonamides is 1. The van der Waals surface area contributed by atoms with Crippen LogP contribution in [0, 0.1) is 0 Å². The highest BCUT2D eigenvalue weighted by molar-refractivity contribution is 7.91. The number of carboxylic acid groups (broad SMARTS) is 1. The average Bonchev–Trinajstić information content (AvgIpc) is 3.37. The summed E-state index contributed by atoms with van der Waals surface area (Å²) in [6.07, 6.45) is 8.76. The van der Waals surface area contributed by atoms with Gasteiger partial charge in [-0.1, -0.05) is 45.1 Å². The number of nitrogens with zero attached hydrogens (tertiary/aromatic N) is 1. The molecule has 2 heterocycles. The first-order chi connectivity index (χ1) is 18.3. The molecule has 0 radical (unpaired) electrons. The van der Waals surface area contributed by atoms with E-state index in [9.17, 15) is 23.1 Å². The molecule has 3 N–H and O–H groups in total. The average molecular weight is 566 g/mol. The van der Waals surface area contributed by atoms with Gasteiger partial charge in [0.05, 0.1) is 19.2 Å². The van der Waals surface area contributed by atoms with Gasteiger partial charge in [0, 0.05) is 29.6 Å². The molecule has 38 heavy (non-hydrogen) atoms. The van der Waals surface area contributed by atoms with Gasteiger partial charge < -0.3 is 20.5 Å². The van der Waals surface area contributed by atoms with E-state index in [1.807, 2.05) is 0 Å². The lowest BCUT2D eigenvalue weighted by Crippen LogP contribution is -2.45. The molecule has 210 valence electrons. The maximum atomic E-state index is 13.4. The Morgan fingerprint density at radius 1 is 1.11 bits per heavy atom. The summed E-state index contributed by atoms with van der Waals surface area (Å²) in [4.78, 5) is 24.9. The number of aromatic carboxylic acids is 1. The summed E-state index contributed by atoms with van der Waals surface area (Å²) in [7, 11) is -2.46. The van der Waals surface area contributed by atoms with E-state index in [2.05, 4.69) is 17.6 Å². The Bertz CT molecular complexity index is 1170. The minimum Gasteiger partial charge on any atom is -0.497 e. The minimum atomic E-state index is -3.96. The van der Waals surface area contributed by atoms with Crippen LogP contribution in [0.2, 0.25) is 0 Å². The largest absolute Gasteiger partial charge is 0.497 e. The van der Waals surface area contributed by atoms with Crippen molar-refractivity contribution in [1.29, 1.82) is 0 Å². The Kier molecular flexibility index (Phi) is 11.6. The number of amides is 1. The summed E-state index contributed by atoms with van der Waals surface area (Å²) in [5, 5.41) is 16.0. The van der Waals surface area contributed by atoms with Crippen LogP contribution >= 0.6 is 11.3 Å². The summed E-state index contributed by atoms with van der Waals surface area (Å²) >= 11 is 0.893. The van der Waals surface area contributed by atoms with Crippen molar-refractivity contribution >= 4 is 33.2 Å². The molecule has 0 atom stereocenters. The molecule has 0 aliphatic carbocycles. The molecule has 1 saturated heterocycles. The molecule has 3 rings (SSSR count). The van der Waals surface area contributed by atoms with Gasteiger partial charge in [-0.25, -0.2) is 13.2 Å². The van der Waals surface area contributed by atoms with Gasteiger partial charge in [-0.3, -0.25) is 4.79 Å². The molecule has 0 spiro atoms. The summed E-state index contributed by atoms with van der Waals surface area (Å²) < 4.78 is 33.1. The van der Waals surface area contributed by atoms with Crippen LogP contribution < -0.4 is 15.4 Å². The Morgan fingerprint density at radius 3 is 2.50 bits per heavy atom. The molecule has 0 bridgehead atoms. The second-order valence-electron chi connectivity index (χ2n) is 9.53. The van der Waals surface area contributed by atoms with Crippen molar-refractivity contribution in [2.45, 2.75) is 75.1 Å². The topological polar surface area (TPSA) is 125 Å². The van der Waals surface area contributed by atoms with Gasteiger partial charge in [0.25, 0.3) is 15.9 Å². The van der Waals surface area contributed by atoms with Gasteiger partial charge in [-0.05, 0) is 50.1 Å². The predicted octanol–water partition coefficient (Wildman–Crippen LogP) is 4.49. The number of thiophene rings is 1. The van der Waals surface area contributed by atoms with Crippen molar-refractivity contribution in [3.63, 3.8) is 0 Å². The molecule has 1 aromatic carbocycles. The molecule has 11 heteroatoms. The number of carbonyl (C=O) groups excluding carboxylic acids is 1. The summed E-state index contributed by atoms with van der Waals surface area (Å²) in [6.45, 7) is 3.84. The van der Waals surface area contributed by atoms with Crippen LogP contribution in [-0.2, 0) is 16.6 Å². The van der Waals surface area contributed by atoms with Crippen molar-refractivity contribution in [2.75, 3.05) is 26.7 Å². The molecular weight excluding hydrogens is 526 g/mol. The van der Waals surface area contributed by atoms with E-state index in [4.69, 9.17) is 4.74 Å². The Balaban J connectivity index is 1.56. The van der Waals surface area contributed by atoms with Crippen molar-refractivity contribution < 1.29 is 27.9 Å². The molecule has 0 unspecified atom stereocenters. The third kappa shape index (κ3) is 8.26. The number of rotatable bonds is 15. The van der Waals surface area contributed by atoms with Crippen LogP contribution in [0.4, 0.5) is 0 Å². The third-order valence-corrected chi connectivity index (χ3v) is 10.3. The van der Waals surface area contributed by atoms with Gasteiger partial charge in [0.2, 0.25) is 0 Å². The lowest BCUT2D eigenvalue weighted by atomic mass is 10.1. The van der Waals surface area contributed by atoms with Gasteiger partial charge >= 0.3 is 5.97 Å². The smallest absolute Gasteiger partial charge is 0.337 e. The molecular formula is C27H39N3O6S2. The second kappa shape index (κ2) is 14.6. The summed E-state index contributed by atoms with van der Waals surface area (Å²) in [5.74, 6) is -1.13. The number of benzene rings is 1. The zero-order valence-electron chi connectivity index (χ0n) is 22.2. The van der Waals surface area contributed by atoms with Gasteiger partial charge in [0.15, 0.2) is 0 Å². The second-order valence-corrected chi connectivity index (χ2v) is 12.8. The number of nitrogens with one attached hydrogen (secondary N) is 2. The van der Waals surface area contributed by atoms with Crippen molar-refractivity contribution in [2.24, 2.45) is 0 Å². The quantitative estimate of drug-likeness (QED) is 0.272. The van der Waals surface area contributed by atoms with E-state index in [0.29, 0.717) is 42.1 Å². The number of carboxylic acids is 1. The third-order valence-electron chi connectivity index (χ3n) is 6.73. The van der Waals surface area contributed by atoms with Gasteiger partial charge in [-0.2, -0.15) is 4.31 Å². The van der Waals surface area contributed by atoms with Crippen molar-refractivity contribution in [3.8, 4) is 5.75 Å². The normalized spacial score (nSPS) is 14.9. The maximum Gasteiger partial charge on any atom is 0.337 e. The molecule has 0 saturated carbocycles. The Hall–Kier alpha value is -2.47. The molecule has 1 aliphatic rings. The van der Waals surface area contributed by atoms with Crippen LogP contribution in [0.3, 0.4) is 0 Å². The SMILES string of the molecule is CCCCCCCCNC1CCN(S(=O)(=O)c2sc(CNC(=O)c3cccc(OC)c3)cc2C(=O)O)CC1. The van der Waals surface area contributed by atoms with E-state index in [1.165, 1.54) is 49.6 Å². The lowest BCUT2D eigenvalue weighted by Gasteiger charge is -2.31. The summed E-state index contributed by atoms with van der Waals surface area (Å²) in [6, 6.07) is 8.24. The number of piperidine rings is 1. The zero-order chi connectivity index (χ0) is 27.5. The van der Waals surface area contributed by atoms with Crippen molar-refractivity contribution in [3.05, 3.63) is 46.3 Å². The highest BCUT2D eigenvalue weighted by Gasteiger charge is 2.34. The molecule has 2 aromatic rings. The van der Waals surface area contributed by atoms with Gasteiger partial charge in [-0.15, -0.1) is 11.3 Å². The van der Waals surface area contributed by atoms with Crippen LogP contribution in [0.5, 0.6) is 5.75 Å². The van der Waals surface area contributed by atoms with Crippen LogP contribution in [0.25, 0.3) is 0 Å². The molecule has 1 amide bonds. The molecule has 1 aliphatic heterocycles. The molecule has 9 nitrogen and oxygen atoms in total. The van der Waals surface area contributed by atoms with E-state index in [-0.39, 0.29) is 28.3 Å². The maximum absolute atomic E-state index is 13.4. The number of methoxy groups -OCH3 is 1. The monoisotopic (exact) mass is 565 g/mol.